The van der Waals surface area contributed by atoms with Crippen LogP contribution in [0.2, 0.25) is 5.02 Å². The molecule has 144 valence electrons. The molecule has 5 nitrogen and oxygen atoms in total. The van der Waals surface area contributed by atoms with Crippen molar-refractivity contribution in [2.75, 3.05) is 0 Å². The number of nitrogens with one attached hydrogen (secondary N) is 1. The number of aromatic hydroxyl groups is 1. The summed E-state index contributed by atoms with van der Waals surface area (Å²) < 4.78 is 0. The molecule has 0 unspecified atom stereocenters. The molecule has 0 aliphatic heterocycles. The number of halogens is 1. The smallest absolute Gasteiger partial charge is 0.271 e. The predicted octanol–water partition coefficient (Wildman–Crippen LogP) is 3.82. The SMILES string of the molecule is NC1(C#Cc2ccc(/C=N/NC(=O)c3ccc(O)c(Cl)c3)cc2)CCCCC1. The van der Waals surface area contributed by atoms with Crippen LogP contribution in [0.5, 0.6) is 5.75 Å². The minimum absolute atomic E-state index is 0.0750. The van der Waals surface area contributed by atoms with E-state index >= 15 is 0 Å². The van der Waals surface area contributed by atoms with E-state index < -0.39 is 5.91 Å². The van der Waals surface area contributed by atoms with E-state index in [2.05, 4.69) is 22.4 Å². The largest absolute Gasteiger partial charge is 0.506 e. The standard InChI is InChI=1S/C22H22ClN3O2/c23-19-14-18(8-9-20(19)27)21(28)26-25-15-17-6-4-16(5-7-17)10-13-22(24)11-2-1-3-12-22/h4-9,14-15,27H,1-3,11-12,24H2,(H,26,28)/b25-15+. The lowest BCUT2D eigenvalue weighted by molar-refractivity contribution is 0.0955. The molecular weight excluding hydrogens is 374 g/mol. The van der Waals surface area contributed by atoms with Gasteiger partial charge in [-0.25, -0.2) is 5.43 Å². The van der Waals surface area contributed by atoms with Gasteiger partial charge in [0.05, 0.1) is 16.8 Å². The van der Waals surface area contributed by atoms with E-state index in [1.54, 1.807) is 6.21 Å². The Hall–Kier alpha value is -2.81. The zero-order valence-corrected chi connectivity index (χ0v) is 16.2. The fourth-order valence-electron chi connectivity index (χ4n) is 3.03. The van der Waals surface area contributed by atoms with Crippen molar-refractivity contribution in [1.82, 2.24) is 5.43 Å². The average Bonchev–Trinajstić information content (AvgIpc) is 2.70. The number of hydrogen-bond donors (Lipinski definition) is 3. The Labute approximate surface area is 169 Å². The van der Waals surface area contributed by atoms with Crippen LogP contribution in [0.15, 0.2) is 47.6 Å². The van der Waals surface area contributed by atoms with Crippen LogP contribution in [0.4, 0.5) is 0 Å². The van der Waals surface area contributed by atoms with Crippen molar-refractivity contribution < 1.29 is 9.90 Å². The van der Waals surface area contributed by atoms with Gasteiger partial charge < -0.3 is 10.8 Å². The molecule has 0 atom stereocenters. The number of amides is 1. The van der Waals surface area contributed by atoms with E-state index in [0.29, 0.717) is 5.56 Å². The van der Waals surface area contributed by atoms with E-state index in [9.17, 15) is 9.90 Å². The van der Waals surface area contributed by atoms with Crippen LogP contribution in [0.1, 0.15) is 53.6 Å². The van der Waals surface area contributed by atoms with Crippen molar-refractivity contribution in [2.24, 2.45) is 10.8 Å². The summed E-state index contributed by atoms with van der Waals surface area (Å²) in [6, 6.07) is 11.8. The van der Waals surface area contributed by atoms with E-state index in [4.69, 9.17) is 17.3 Å². The molecule has 1 fully saturated rings. The Morgan fingerprint density at radius 2 is 1.89 bits per heavy atom. The molecular formula is C22H22ClN3O2. The van der Waals surface area contributed by atoms with E-state index in [-0.39, 0.29) is 16.3 Å². The molecule has 0 heterocycles. The monoisotopic (exact) mass is 395 g/mol. The molecule has 0 saturated heterocycles. The van der Waals surface area contributed by atoms with Crippen molar-refractivity contribution in [2.45, 2.75) is 37.6 Å². The lowest BCUT2D eigenvalue weighted by atomic mass is 9.83. The van der Waals surface area contributed by atoms with Crippen molar-refractivity contribution in [3.63, 3.8) is 0 Å². The number of nitrogens with zero attached hydrogens (tertiary/aromatic N) is 1. The van der Waals surface area contributed by atoms with Crippen molar-refractivity contribution in [1.29, 1.82) is 0 Å². The Kier molecular flexibility index (Phi) is 6.35. The fourth-order valence-corrected chi connectivity index (χ4v) is 3.22. The summed E-state index contributed by atoms with van der Waals surface area (Å²) in [4.78, 5) is 12.0. The molecule has 1 amide bonds. The van der Waals surface area contributed by atoms with Crippen LogP contribution in [-0.2, 0) is 0 Å². The molecule has 0 spiro atoms. The van der Waals surface area contributed by atoms with Gasteiger partial charge in [0.1, 0.15) is 5.75 Å². The molecule has 3 rings (SSSR count). The third kappa shape index (κ3) is 5.35. The molecule has 0 aromatic heterocycles. The van der Waals surface area contributed by atoms with Crippen molar-refractivity contribution >= 4 is 23.7 Å². The maximum Gasteiger partial charge on any atom is 0.271 e. The highest BCUT2D eigenvalue weighted by Crippen LogP contribution is 2.25. The summed E-state index contributed by atoms with van der Waals surface area (Å²) in [5, 5.41) is 13.4. The molecule has 0 radical (unpaired) electrons. The zero-order valence-electron chi connectivity index (χ0n) is 15.4. The number of phenols is 1. The van der Waals surface area contributed by atoms with E-state index in [1.165, 1.54) is 24.6 Å². The summed E-state index contributed by atoms with van der Waals surface area (Å²) in [6.45, 7) is 0. The van der Waals surface area contributed by atoms with Crippen LogP contribution in [-0.4, -0.2) is 22.8 Å². The first-order valence-corrected chi connectivity index (χ1v) is 9.57. The van der Waals surface area contributed by atoms with Gasteiger partial charge in [0.2, 0.25) is 0 Å². The van der Waals surface area contributed by atoms with Crippen LogP contribution >= 0.6 is 11.6 Å². The average molecular weight is 396 g/mol. The maximum atomic E-state index is 12.0. The second-order valence-electron chi connectivity index (χ2n) is 6.95. The lowest BCUT2D eigenvalue weighted by Gasteiger charge is -2.27. The van der Waals surface area contributed by atoms with Gasteiger partial charge in [-0.1, -0.05) is 54.8 Å². The second-order valence-corrected chi connectivity index (χ2v) is 7.36. The molecule has 4 N–H and O–H groups in total. The van der Waals surface area contributed by atoms with Gasteiger partial charge in [0, 0.05) is 11.1 Å². The third-order valence-electron chi connectivity index (χ3n) is 4.70. The number of hydrazone groups is 1. The van der Waals surface area contributed by atoms with Crippen LogP contribution < -0.4 is 11.2 Å². The molecule has 2 aromatic rings. The summed E-state index contributed by atoms with van der Waals surface area (Å²) >= 11 is 5.80. The number of carbonyl (C=O) groups excluding carboxylic acids is 1. The molecule has 2 aromatic carbocycles. The van der Waals surface area contributed by atoms with Gasteiger partial charge in [-0.2, -0.15) is 5.10 Å². The first kappa shape index (κ1) is 19.9. The van der Waals surface area contributed by atoms with Gasteiger partial charge in [0.15, 0.2) is 0 Å². The number of carbonyl (C=O) groups is 1. The molecule has 6 heteroatoms. The minimum Gasteiger partial charge on any atom is -0.506 e. The molecule has 1 aliphatic rings. The molecule has 1 saturated carbocycles. The van der Waals surface area contributed by atoms with Crippen molar-refractivity contribution in [3.8, 4) is 17.6 Å². The number of nitrogens with two attached hydrogens (primary N) is 1. The quantitative estimate of drug-likeness (QED) is 0.419. The first-order chi connectivity index (χ1) is 13.5. The van der Waals surface area contributed by atoms with Crippen LogP contribution in [0.3, 0.4) is 0 Å². The van der Waals surface area contributed by atoms with E-state index in [0.717, 1.165) is 36.8 Å². The molecule has 28 heavy (non-hydrogen) atoms. The fraction of sp³-hybridized carbons (Fsp3) is 0.273. The Bertz CT molecular complexity index is 936. The molecule has 0 bridgehead atoms. The van der Waals surface area contributed by atoms with E-state index in [1.807, 2.05) is 24.3 Å². The summed E-state index contributed by atoms with van der Waals surface area (Å²) in [6.07, 6.45) is 6.98. The lowest BCUT2D eigenvalue weighted by Crippen LogP contribution is -2.40. The Morgan fingerprint density at radius 1 is 1.18 bits per heavy atom. The second kappa shape index (κ2) is 8.92. The predicted molar refractivity (Wildman–Crippen MR) is 112 cm³/mol. The Morgan fingerprint density at radius 3 is 2.57 bits per heavy atom. The number of phenolic OH excluding ortho intramolecular Hbond substituents is 1. The zero-order chi connectivity index (χ0) is 20.0. The van der Waals surface area contributed by atoms with Crippen LogP contribution in [0.25, 0.3) is 0 Å². The summed E-state index contributed by atoms with van der Waals surface area (Å²) in [5.41, 5.74) is 10.4. The summed E-state index contributed by atoms with van der Waals surface area (Å²) in [5.74, 6) is 5.90. The number of hydrogen-bond acceptors (Lipinski definition) is 4. The number of rotatable bonds is 3. The topological polar surface area (TPSA) is 87.7 Å². The van der Waals surface area contributed by atoms with Gasteiger partial charge in [-0.3, -0.25) is 4.79 Å². The van der Waals surface area contributed by atoms with Gasteiger partial charge in [-0.15, -0.1) is 0 Å². The summed E-state index contributed by atoms with van der Waals surface area (Å²) in [7, 11) is 0. The van der Waals surface area contributed by atoms with Gasteiger partial charge in [-0.05, 0) is 48.7 Å². The van der Waals surface area contributed by atoms with Crippen molar-refractivity contribution in [3.05, 3.63) is 64.2 Å². The molecule has 1 aliphatic carbocycles. The normalized spacial score (nSPS) is 15.6. The van der Waals surface area contributed by atoms with Gasteiger partial charge >= 0.3 is 0 Å². The highest BCUT2D eigenvalue weighted by atomic mass is 35.5. The minimum atomic E-state index is -0.415. The third-order valence-corrected chi connectivity index (χ3v) is 5.00. The van der Waals surface area contributed by atoms with Crippen LogP contribution in [0, 0.1) is 11.8 Å². The van der Waals surface area contributed by atoms with Gasteiger partial charge in [0.25, 0.3) is 5.91 Å². The Balaban J connectivity index is 1.58. The number of benzene rings is 2. The maximum absolute atomic E-state index is 12.0. The highest BCUT2D eigenvalue weighted by molar-refractivity contribution is 6.32. The first-order valence-electron chi connectivity index (χ1n) is 9.19. The highest BCUT2D eigenvalue weighted by Gasteiger charge is 2.24.